The van der Waals surface area contributed by atoms with Gasteiger partial charge in [-0.15, -0.1) is 0 Å². The molecule has 0 aliphatic heterocycles. The molecule has 0 saturated heterocycles. The van der Waals surface area contributed by atoms with Gasteiger partial charge in [0.15, 0.2) is 0 Å². The highest BCUT2D eigenvalue weighted by Gasteiger charge is 2.23. The van der Waals surface area contributed by atoms with Crippen LogP contribution in [0, 0.1) is 5.92 Å². The molecule has 0 spiro atoms. The van der Waals surface area contributed by atoms with Gasteiger partial charge in [-0.2, -0.15) is 5.10 Å². The maximum atomic E-state index is 10.9. The number of ether oxygens (including phenoxy) is 1. The van der Waals surface area contributed by atoms with Gasteiger partial charge in [0.2, 0.25) is 0 Å². The van der Waals surface area contributed by atoms with Gasteiger partial charge >= 0.3 is 5.97 Å². The summed E-state index contributed by atoms with van der Waals surface area (Å²) in [7, 11) is 0. The number of benzene rings is 1. The third-order valence-corrected chi connectivity index (χ3v) is 3.61. The number of carbonyl (C=O) groups is 1. The van der Waals surface area contributed by atoms with E-state index in [4.69, 9.17) is 21.4 Å². The summed E-state index contributed by atoms with van der Waals surface area (Å²) in [6.45, 7) is 0.671. The molecule has 5 nitrogen and oxygen atoms in total. The first-order valence-corrected chi connectivity index (χ1v) is 6.73. The van der Waals surface area contributed by atoms with Crippen molar-refractivity contribution in [3.63, 3.8) is 0 Å². The molecule has 1 aliphatic rings. The van der Waals surface area contributed by atoms with Crippen LogP contribution in [0.1, 0.15) is 23.3 Å². The van der Waals surface area contributed by atoms with Gasteiger partial charge in [0, 0.05) is 5.56 Å². The number of H-pyrrole nitrogens is 1. The van der Waals surface area contributed by atoms with Crippen LogP contribution in [0.2, 0.25) is 5.02 Å². The Hall–Kier alpha value is -2.01. The van der Waals surface area contributed by atoms with Crippen LogP contribution >= 0.6 is 11.6 Å². The zero-order valence-electron chi connectivity index (χ0n) is 10.6. The van der Waals surface area contributed by atoms with Crippen molar-refractivity contribution in [3.05, 3.63) is 35.0 Å². The van der Waals surface area contributed by atoms with E-state index in [0.717, 1.165) is 0 Å². The van der Waals surface area contributed by atoms with Crippen molar-refractivity contribution in [1.29, 1.82) is 0 Å². The minimum atomic E-state index is -1.05. The molecule has 0 bridgehead atoms. The first-order valence-electron chi connectivity index (χ1n) is 6.35. The molecule has 0 amide bonds. The molecule has 20 heavy (non-hydrogen) atoms. The monoisotopic (exact) mass is 292 g/mol. The van der Waals surface area contributed by atoms with E-state index in [2.05, 4.69) is 10.2 Å². The summed E-state index contributed by atoms with van der Waals surface area (Å²) >= 11 is 6.31. The molecule has 0 radical (unpaired) electrons. The Bertz CT molecular complexity index is 650. The lowest BCUT2D eigenvalue weighted by molar-refractivity contribution is 0.0690. The van der Waals surface area contributed by atoms with Crippen molar-refractivity contribution in [2.24, 2.45) is 5.92 Å². The lowest BCUT2D eigenvalue weighted by Crippen LogP contribution is -1.99. The third-order valence-electron chi connectivity index (χ3n) is 3.22. The predicted octanol–water partition coefficient (Wildman–Crippen LogP) is 3.22. The Morgan fingerprint density at radius 3 is 2.95 bits per heavy atom. The number of hydrogen-bond acceptors (Lipinski definition) is 3. The molecule has 0 unspecified atom stereocenters. The summed E-state index contributed by atoms with van der Waals surface area (Å²) in [5.41, 5.74) is 1.17. The molecule has 2 aromatic rings. The molecule has 104 valence electrons. The minimum absolute atomic E-state index is 0.0281. The minimum Gasteiger partial charge on any atom is -0.492 e. The fourth-order valence-corrected chi connectivity index (χ4v) is 2.16. The summed E-state index contributed by atoms with van der Waals surface area (Å²) < 4.78 is 5.69. The summed E-state index contributed by atoms with van der Waals surface area (Å²) in [6, 6.07) is 6.86. The average molecular weight is 293 g/mol. The summed E-state index contributed by atoms with van der Waals surface area (Å²) in [6.07, 6.45) is 2.41. The van der Waals surface area contributed by atoms with E-state index in [1.807, 2.05) is 6.07 Å². The summed E-state index contributed by atoms with van der Waals surface area (Å²) in [4.78, 5) is 10.9. The number of aromatic nitrogens is 2. The SMILES string of the molecule is O=C(O)c1cc(-c2cccc(OCC3CC3)c2Cl)n[nH]1. The second-order valence-corrected chi connectivity index (χ2v) is 5.22. The first-order chi connectivity index (χ1) is 9.65. The number of carboxylic acid groups (broad SMARTS) is 1. The molecule has 2 N–H and O–H groups in total. The number of nitrogens with zero attached hydrogens (tertiary/aromatic N) is 1. The molecular formula is C14H13ClN2O3. The van der Waals surface area contributed by atoms with Gasteiger partial charge in [-0.1, -0.05) is 23.7 Å². The van der Waals surface area contributed by atoms with Gasteiger partial charge in [0.1, 0.15) is 11.4 Å². The first kappa shape index (κ1) is 13.0. The molecule has 6 heteroatoms. The van der Waals surface area contributed by atoms with Crippen molar-refractivity contribution >= 4 is 17.6 Å². The van der Waals surface area contributed by atoms with Crippen LogP contribution in [0.15, 0.2) is 24.3 Å². The zero-order valence-corrected chi connectivity index (χ0v) is 11.4. The van der Waals surface area contributed by atoms with Crippen LogP contribution in [0.3, 0.4) is 0 Å². The van der Waals surface area contributed by atoms with E-state index >= 15 is 0 Å². The third kappa shape index (κ3) is 2.63. The highest BCUT2D eigenvalue weighted by molar-refractivity contribution is 6.34. The number of carboxylic acids is 1. The van der Waals surface area contributed by atoms with E-state index in [0.29, 0.717) is 34.6 Å². The lowest BCUT2D eigenvalue weighted by Gasteiger charge is -2.09. The van der Waals surface area contributed by atoms with Gasteiger partial charge in [-0.3, -0.25) is 5.10 Å². The van der Waals surface area contributed by atoms with E-state index in [-0.39, 0.29) is 5.69 Å². The largest absolute Gasteiger partial charge is 0.492 e. The smallest absolute Gasteiger partial charge is 0.353 e. The maximum absolute atomic E-state index is 10.9. The molecule has 0 atom stereocenters. The number of nitrogens with one attached hydrogen (secondary N) is 1. The van der Waals surface area contributed by atoms with Crippen LogP contribution in [-0.4, -0.2) is 27.9 Å². The number of hydrogen-bond donors (Lipinski definition) is 2. The van der Waals surface area contributed by atoms with E-state index < -0.39 is 5.97 Å². The number of halogens is 1. The molecule has 3 rings (SSSR count). The Morgan fingerprint density at radius 1 is 1.50 bits per heavy atom. The molecule has 1 aliphatic carbocycles. The summed E-state index contributed by atoms with van der Waals surface area (Å²) in [5, 5.41) is 15.8. The van der Waals surface area contributed by atoms with Crippen molar-refractivity contribution in [2.45, 2.75) is 12.8 Å². The normalized spacial score (nSPS) is 14.2. The average Bonchev–Trinajstić information content (AvgIpc) is 3.12. The van der Waals surface area contributed by atoms with Gasteiger partial charge in [-0.05, 0) is 30.9 Å². The van der Waals surface area contributed by atoms with Crippen LogP contribution in [-0.2, 0) is 0 Å². The lowest BCUT2D eigenvalue weighted by atomic mass is 10.1. The van der Waals surface area contributed by atoms with Crippen LogP contribution < -0.4 is 4.74 Å². The van der Waals surface area contributed by atoms with Gasteiger partial charge in [-0.25, -0.2) is 4.79 Å². The predicted molar refractivity (Wildman–Crippen MR) is 74.2 cm³/mol. The van der Waals surface area contributed by atoms with Gasteiger partial charge in [0.25, 0.3) is 0 Å². The van der Waals surface area contributed by atoms with Crippen molar-refractivity contribution in [3.8, 4) is 17.0 Å². The molecular weight excluding hydrogens is 280 g/mol. The second kappa shape index (κ2) is 5.17. The standard InChI is InChI=1S/C14H13ClN2O3/c15-13-9(10-6-11(14(18)19)17-16-10)2-1-3-12(13)20-7-8-4-5-8/h1-3,6,8H,4-5,7H2,(H,16,17)(H,18,19). The van der Waals surface area contributed by atoms with Crippen LogP contribution in [0.4, 0.5) is 0 Å². The highest BCUT2D eigenvalue weighted by atomic mass is 35.5. The Balaban J connectivity index is 1.87. The number of aromatic amines is 1. The zero-order chi connectivity index (χ0) is 14.1. The maximum Gasteiger partial charge on any atom is 0.353 e. The highest BCUT2D eigenvalue weighted by Crippen LogP contribution is 2.36. The fraction of sp³-hybridized carbons (Fsp3) is 0.286. The second-order valence-electron chi connectivity index (χ2n) is 4.84. The van der Waals surface area contributed by atoms with Crippen molar-refractivity contribution in [1.82, 2.24) is 10.2 Å². The van der Waals surface area contributed by atoms with E-state index in [1.54, 1.807) is 12.1 Å². The van der Waals surface area contributed by atoms with E-state index in [1.165, 1.54) is 18.9 Å². The summed E-state index contributed by atoms with van der Waals surface area (Å²) in [5.74, 6) is 0.190. The van der Waals surface area contributed by atoms with Crippen LogP contribution in [0.25, 0.3) is 11.3 Å². The molecule has 1 heterocycles. The Morgan fingerprint density at radius 2 is 2.30 bits per heavy atom. The van der Waals surface area contributed by atoms with Crippen LogP contribution in [0.5, 0.6) is 5.75 Å². The quantitative estimate of drug-likeness (QED) is 0.887. The molecule has 1 saturated carbocycles. The molecule has 1 aromatic carbocycles. The number of rotatable bonds is 5. The molecule has 1 aromatic heterocycles. The Kier molecular flexibility index (Phi) is 3.36. The Labute approximate surface area is 120 Å². The van der Waals surface area contributed by atoms with Gasteiger partial charge < -0.3 is 9.84 Å². The van der Waals surface area contributed by atoms with Crippen molar-refractivity contribution < 1.29 is 14.6 Å². The fourth-order valence-electron chi connectivity index (χ4n) is 1.88. The number of aromatic carboxylic acids is 1. The topological polar surface area (TPSA) is 75.2 Å². The van der Waals surface area contributed by atoms with Gasteiger partial charge in [0.05, 0.1) is 17.3 Å². The van der Waals surface area contributed by atoms with E-state index in [9.17, 15) is 4.79 Å². The van der Waals surface area contributed by atoms with Crippen molar-refractivity contribution in [2.75, 3.05) is 6.61 Å². The molecule has 1 fully saturated rings.